The first-order valence-electron chi connectivity index (χ1n) is 3.72. The summed E-state index contributed by atoms with van der Waals surface area (Å²) in [7, 11) is 0. The Labute approximate surface area is 80.8 Å². The fraction of sp³-hybridized carbons (Fsp3) is 0.125. The Hall–Kier alpha value is -1.92. The van der Waals surface area contributed by atoms with Crippen LogP contribution in [0.1, 0.15) is 10.4 Å². The molecule has 7 heteroatoms. The molecule has 0 aromatic heterocycles. The summed E-state index contributed by atoms with van der Waals surface area (Å²) in [5.74, 6) is -3.77. The van der Waals surface area contributed by atoms with Crippen LogP contribution >= 0.6 is 0 Å². The summed E-state index contributed by atoms with van der Waals surface area (Å²) >= 11 is 0. The number of benzene rings is 1. The average Bonchev–Trinajstić information content (AvgIpc) is 2.36. The Kier molecular flexibility index (Phi) is 1.79. The molecule has 1 heterocycles. The second kappa shape index (κ2) is 2.78. The molecule has 80 valence electrons. The third-order valence-corrected chi connectivity index (χ3v) is 1.72. The lowest BCUT2D eigenvalue weighted by atomic mass is 10.2. The van der Waals surface area contributed by atoms with E-state index >= 15 is 0 Å². The first kappa shape index (κ1) is 9.63. The molecule has 0 atom stereocenters. The van der Waals surface area contributed by atoms with Gasteiger partial charge in [-0.3, -0.25) is 0 Å². The average molecular weight is 220 g/mol. The van der Waals surface area contributed by atoms with Crippen molar-refractivity contribution in [2.75, 3.05) is 0 Å². The number of alkyl halides is 2. The van der Waals surface area contributed by atoms with Gasteiger partial charge in [-0.25, -0.2) is 9.18 Å². The van der Waals surface area contributed by atoms with Crippen LogP contribution in [-0.2, 0) is 0 Å². The van der Waals surface area contributed by atoms with Gasteiger partial charge in [0.1, 0.15) is 5.82 Å². The maximum Gasteiger partial charge on any atom is 0.586 e. The van der Waals surface area contributed by atoms with E-state index in [-0.39, 0.29) is 0 Å². The number of ether oxygens (including phenoxy) is 2. The van der Waals surface area contributed by atoms with Gasteiger partial charge in [-0.2, -0.15) is 0 Å². The predicted octanol–water partition coefficient (Wildman–Crippen LogP) is 1.85. The molecule has 1 aromatic carbocycles. The van der Waals surface area contributed by atoms with Crippen LogP contribution in [0.2, 0.25) is 0 Å². The second-order valence-electron chi connectivity index (χ2n) is 2.75. The third kappa shape index (κ3) is 1.56. The van der Waals surface area contributed by atoms with Gasteiger partial charge < -0.3 is 14.6 Å². The van der Waals surface area contributed by atoms with Gasteiger partial charge in [-0.1, -0.05) is 0 Å². The minimum Gasteiger partial charge on any atom is -0.478 e. The Morgan fingerprint density at radius 2 is 1.80 bits per heavy atom. The van der Waals surface area contributed by atoms with Gasteiger partial charge >= 0.3 is 12.3 Å². The fourth-order valence-corrected chi connectivity index (χ4v) is 1.14. The van der Waals surface area contributed by atoms with Crippen LogP contribution in [-0.4, -0.2) is 17.4 Å². The van der Waals surface area contributed by atoms with Crippen molar-refractivity contribution in [1.82, 2.24) is 0 Å². The largest absolute Gasteiger partial charge is 0.586 e. The molecule has 4 nitrogen and oxygen atoms in total. The molecule has 0 unspecified atom stereocenters. The Bertz CT molecular complexity index is 444. The van der Waals surface area contributed by atoms with Gasteiger partial charge in [0.25, 0.3) is 0 Å². The SMILES string of the molecule is O=C(O)c1cc2c(cc1F)OC(F)(F)O2. The number of hydrogen-bond acceptors (Lipinski definition) is 3. The smallest absolute Gasteiger partial charge is 0.478 e. The Morgan fingerprint density at radius 3 is 2.33 bits per heavy atom. The molecule has 0 radical (unpaired) electrons. The minimum absolute atomic E-state index is 0.501. The summed E-state index contributed by atoms with van der Waals surface area (Å²) in [6.45, 7) is 0. The lowest BCUT2D eigenvalue weighted by Crippen LogP contribution is -2.25. The zero-order valence-electron chi connectivity index (χ0n) is 6.96. The highest BCUT2D eigenvalue weighted by atomic mass is 19.3. The van der Waals surface area contributed by atoms with Gasteiger partial charge in [-0.15, -0.1) is 8.78 Å². The molecule has 0 spiro atoms. The normalized spacial score (nSPS) is 16.5. The van der Waals surface area contributed by atoms with E-state index in [1.165, 1.54) is 0 Å². The van der Waals surface area contributed by atoms with Crippen molar-refractivity contribution in [1.29, 1.82) is 0 Å². The molecule has 0 bridgehead atoms. The summed E-state index contributed by atoms with van der Waals surface area (Å²) in [5.41, 5.74) is -0.755. The monoisotopic (exact) mass is 220 g/mol. The molecule has 0 saturated heterocycles. The van der Waals surface area contributed by atoms with E-state index < -0.39 is 35.1 Å². The number of carbonyl (C=O) groups is 1. The van der Waals surface area contributed by atoms with E-state index in [9.17, 15) is 18.0 Å². The number of carboxylic acids is 1. The number of aromatic carboxylic acids is 1. The van der Waals surface area contributed by atoms with Crippen LogP contribution in [0.5, 0.6) is 11.5 Å². The van der Waals surface area contributed by atoms with Gasteiger partial charge in [-0.05, 0) is 0 Å². The van der Waals surface area contributed by atoms with Gasteiger partial charge in [0.15, 0.2) is 11.5 Å². The van der Waals surface area contributed by atoms with Crippen molar-refractivity contribution in [2.24, 2.45) is 0 Å². The molecule has 2 rings (SSSR count). The highest BCUT2D eigenvalue weighted by Gasteiger charge is 2.44. The van der Waals surface area contributed by atoms with Gasteiger partial charge in [0.05, 0.1) is 5.56 Å². The van der Waals surface area contributed by atoms with E-state index in [1.807, 2.05) is 0 Å². The van der Waals surface area contributed by atoms with Crippen molar-refractivity contribution in [2.45, 2.75) is 6.29 Å². The van der Waals surface area contributed by atoms with Gasteiger partial charge in [0, 0.05) is 12.1 Å². The molecule has 1 aromatic rings. The van der Waals surface area contributed by atoms with E-state index in [1.54, 1.807) is 0 Å². The van der Waals surface area contributed by atoms with Crippen LogP contribution in [0.25, 0.3) is 0 Å². The lowest BCUT2D eigenvalue weighted by molar-refractivity contribution is -0.286. The first-order chi connectivity index (χ1) is 6.89. The maximum absolute atomic E-state index is 13.0. The number of hydrogen-bond donors (Lipinski definition) is 1. The number of fused-ring (bicyclic) bond motifs is 1. The van der Waals surface area contributed by atoms with Crippen LogP contribution in [0.15, 0.2) is 12.1 Å². The lowest BCUT2D eigenvalue weighted by Gasteiger charge is -2.04. The van der Waals surface area contributed by atoms with Crippen molar-refractivity contribution in [3.05, 3.63) is 23.5 Å². The zero-order valence-corrected chi connectivity index (χ0v) is 6.96. The highest BCUT2D eigenvalue weighted by molar-refractivity contribution is 5.88. The quantitative estimate of drug-likeness (QED) is 0.784. The van der Waals surface area contributed by atoms with Crippen molar-refractivity contribution in [3.63, 3.8) is 0 Å². The standard InChI is InChI=1S/C8H3F3O4/c9-4-2-6-5(1-3(4)7(12)13)14-8(10,11)15-6/h1-2H,(H,12,13). The van der Waals surface area contributed by atoms with Crippen LogP contribution in [0.3, 0.4) is 0 Å². The predicted molar refractivity (Wildman–Crippen MR) is 39.6 cm³/mol. The molecular formula is C8H3F3O4. The molecule has 1 aliphatic rings. The van der Waals surface area contributed by atoms with E-state index in [0.29, 0.717) is 12.1 Å². The molecular weight excluding hydrogens is 217 g/mol. The second-order valence-corrected chi connectivity index (χ2v) is 2.75. The molecule has 1 N–H and O–H groups in total. The summed E-state index contributed by atoms with van der Waals surface area (Å²) in [4.78, 5) is 10.5. The van der Waals surface area contributed by atoms with Crippen molar-refractivity contribution in [3.8, 4) is 11.5 Å². The minimum atomic E-state index is -3.88. The van der Waals surface area contributed by atoms with E-state index in [4.69, 9.17) is 5.11 Å². The first-order valence-corrected chi connectivity index (χ1v) is 3.72. The van der Waals surface area contributed by atoms with Crippen molar-refractivity contribution < 1.29 is 32.5 Å². The summed E-state index contributed by atoms with van der Waals surface area (Å²) in [6.07, 6.45) is -3.88. The van der Waals surface area contributed by atoms with Crippen LogP contribution in [0.4, 0.5) is 13.2 Å². The Balaban J connectivity index is 2.50. The molecule has 0 saturated carbocycles. The maximum atomic E-state index is 13.0. The summed E-state index contributed by atoms with van der Waals surface area (Å²) in [5, 5.41) is 8.50. The van der Waals surface area contributed by atoms with Crippen molar-refractivity contribution >= 4 is 5.97 Å². The number of carboxylic acid groups (broad SMARTS) is 1. The van der Waals surface area contributed by atoms with E-state index in [0.717, 1.165) is 0 Å². The molecule has 1 aliphatic heterocycles. The topological polar surface area (TPSA) is 55.8 Å². The summed E-state index contributed by atoms with van der Waals surface area (Å²) in [6, 6.07) is 1.19. The zero-order chi connectivity index (χ0) is 11.2. The van der Waals surface area contributed by atoms with Crippen LogP contribution < -0.4 is 9.47 Å². The van der Waals surface area contributed by atoms with Gasteiger partial charge in [0.2, 0.25) is 0 Å². The number of rotatable bonds is 1. The van der Waals surface area contributed by atoms with Crippen LogP contribution in [0, 0.1) is 5.82 Å². The molecule has 15 heavy (non-hydrogen) atoms. The molecule has 0 amide bonds. The highest BCUT2D eigenvalue weighted by Crippen LogP contribution is 2.42. The Morgan fingerprint density at radius 1 is 1.27 bits per heavy atom. The molecule has 0 fully saturated rings. The fourth-order valence-electron chi connectivity index (χ4n) is 1.14. The third-order valence-electron chi connectivity index (χ3n) is 1.72. The van der Waals surface area contributed by atoms with E-state index in [2.05, 4.69) is 9.47 Å². The number of halogens is 3. The summed E-state index contributed by atoms with van der Waals surface area (Å²) < 4.78 is 45.8. The molecule has 0 aliphatic carbocycles.